The predicted octanol–water partition coefficient (Wildman–Crippen LogP) is 3.77. The van der Waals surface area contributed by atoms with E-state index in [-0.39, 0.29) is 19.8 Å². The molecule has 4 aromatic rings. The molecule has 2 aliphatic rings. The molecule has 0 radical (unpaired) electrons. The Kier molecular flexibility index (Phi) is 6.86. The fraction of sp³-hybridized carbons (Fsp3) is 0.231. The van der Waals surface area contributed by atoms with Crippen LogP contribution in [0.5, 0.6) is 0 Å². The van der Waals surface area contributed by atoms with Crippen LogP contribution >= 0.6 is 11.3 Å². The van der Waals surface area contributed by atoms with Gasteiger partial charge in [0.25, 0.3) is 0 Å². The second kappa shape index (κ2) is 10.2. The summed E-state index contributed by atoms with van der Waals surface area (Å²) in [5.41, 5.74) is 26.9. The maximum Gasteiger partial charge on any atom is 0.142 e. The minimum atomic E-state index is -0.0978. The Hall–Kier alpha value is -3.54. The van der Waals surface area contributed by atoms with Gasteiger partial charge in [-0.05, 0) is 47.3 Å². The number of nitrogen functional groups attached to an aromatic ring is 1. The number of hydrogen-bond donors (Lipinski definition) is 7. The number of thiophene rings is 1. The summed E-state index contributed by atoms with van der Waals surface area (Å²) in [5.74, 6) is 0.570. The van der Waals surface area contributed by atoms with Gasteiger partial charge < -0.3 is 47.4 Å². The Morgan fingerprint density at radius 2 is 1.44 bits per heavy atom. The first kappa shape index (κ1) is 24.2. The number of aliphatic hydroxyl groups excluding tert-OH is 2. The summed E-state index contributed by atoms with van der Waals surface area (Å²) in [4.78, 5) is 2.89. The van der Waals surface area contributed by atoms with Crippen molar-refractivity contribution in [1.29, 1.82) is 0 Å². The molecule has 2 aromatic carbocycles. The van der Waals surface area contributed by atoms with E-state index in [4.69, 9.17) is 21.6 Å². The van der Waals surface area contributed by atoms with Crippen molar-refractivity contribution >= 4 is 45.5 Å². The van der Waals surface area contributed by atoms with E-state index in [1.54, 1.807) is 17.6 Å². The van der Waals surface area contributed by atoms with Gasteiger partial charge in [-0.3, -0.25) is 0 Å². The van der Waals surface area contributed by atoms with E-state index < -0.39 is 0 Å². The number of anilines is 6. The molecule has 36 heavy (non-hydrogen) atoms. The Labute approximate surface area is 213 Å². The number of fused-ring (bicyclic) bond motifs is 2. The molecule has 6 rings (SSSR count). The maximum absolute atomic E-state index is 9.95. The van der Waals surface area contributed by atoms with E-state index in [0.29, 0.717) is 42.3 Å². The zero-order chi connectivity index (χ0) is 25.2. The highest BCUT2D eigenvalue weighted by Crippen LogP contribution is 2.56. The lowest BCUT2D eigenvalue weighted by Crippen LogP contribution is -2.31. The summed E-state index contributed by atoms with van der Waals surface area (Å²) in [7, 11) is 0. The van der Waals surface area contributed by atoms with E-state index in [1.807, 2.05) is 46.7 Å². The number of nitrogens with zero attached hydrogens (tertiary/aromatic N) is 1. The Balaban J connectivity index is 1.95. The van der Waals surface area contributed by atoms with Crippen molar-refractivity contribution in [2.24, 2.45) is 11.5 Å². The first-order valence-corrected chi connectivity index (χ1v) is 12.6. The molecule has 0 fully saturated rings. The van der Waals surface area contributed by atoms with Crippen LogP contribution < -0.4 is 32.7 Å². The van der Waals surface area contributed by atoms with Gasteiger partial charge in [0.15, 0.2) is 0 Å². The van der Waals surface area contributed by atoms with Gasteiger partial charge in [0.1, 0.15) is 5.76 Å². The summed E-state index contributed by atoms with van der Waals surface area (Å²) < 4.78 is 5.99. The molecule has 2 aromatic heterocycles. The molecule has 0 aliphatic carbocycles. The number of nitrogens with one attached hydrogen (secondary N) is 2. The van der Waals surface area contributed by atoms with Crippen LogP contribution in [0.2, 0.25) is 0 Å². The lowest BCUT2D eigenvalue weighted by molar-refractivity contribution is 0.281. The van der Waals surface area contributed by atoms with Crippen molar-refractivity contribution in [3.8, 4) is 21.8 Å². The van der Waals surface area contributed by atoms with Crippen LogP contribution in [-0.2, 0) is 13.1 Å². The number of aliphatic hydroxyl groups is 2. The summed E-state index contributed by atoms with van der Waals surface area (Å²) in [5, 5.41) is 29.0. The van der Waals surface area contributed by atoms with Gasteiger partial charge >= 0.3 is 0 Å². The van der Waals surface area contributed by atoms with Crippen molar-refractivity contribution in [3.05, 3.63) is 59.2 Å². The van der Waals surface area contributed by atoms with Crippen molar-refractivity contribution in [2.75, 3.05) is 47.6 Å². The number of benzene rings is 2. The van der Waals surface area contributed by atoms with Crippen molar-refractivity contribution in [3.63, 3.8) is 0 Å². The van der Waals surface area contributed by atoms with Crippen molar-refractivity contribution in [1.82, 2.24) is 0 Å². The molecule has 0 unspecified atom stereocenters. The normalized spacial score (nSPS) is 12.0. The number of hydrogen-bond acceptors (Lipinski definition) is 10. The molecular weight excluding hydrogens is 476 g/mol. The maximum atomic E-state index is 9.95. The standard InChI is InChI=1S/C26H30N6O3S/c27-13-15-5-11-35-25(15)19-21(29)20(26-16(14-28)6-12-36-26)23-24(32(7-9-33)8-10-34)22(19)30-17-1-3-18(31-23)4-2-17/h1-6,11-12,30-31,33-34H,7-10,13-14,27-29H2. The summed E-state index contributed by atoms with van der Waals surface area (Å²) in [6, 6.07) is 11.8. The van der Waals surface area contributed by atoms with Crippen molar-refractivity contribution in [2.45, 2.75) is 13.1 Å². The highest BCUT2D eigenvalue weighted by molar-refractivity contribution is 7.14. The van der Waals surface area contributed by atoms with E-state index in [1.165, 1.54) is 0 Å². The number of rotatable bonds is 9. The van der Waals surface area contributed by atoms with Gasteiger partial charge in [0.2, 0.25) is 0 Å². The highest BCUT2D eigenvalue weighted by Gasteiger charge is 2.31. The predicted molar refractivity (Wildman–Crippen MR) is 147 cm³/mol. The fourth-order valence-electron chi connectivity index (χ4n) is 4.72. The molecule has 0 amide bonds. The van der Waals surface area contributed by atoms with Crippen molar-refractivity contribution < 1.29 is 14.6 Å². The third-order valence-corrected chi connectivity index (χ3v) is 7.35. The molecule has 4 bridgehead atoms. The molecule has 10 N–H and O–H groups in total. The number of furan rings is 1. The SMILES string of the molecule is NCc1ccoc1-c1c(N)c(-c2sccc2CN)c2c(N(CCO)CCO)c1Nc1ccc(cc1)N2. The Bertz CT molecular complexity index is 1270. The quantitative estimate of drug-likeness (QED) is 0.148. The zero-order valence-electron chi connectivity index (χ0n) is 19.8. The fourth-order valence-corrected chi connectivity index (χ4v) is 5.72. The van der Waals surface area contributed by atoms with Gasteiger partial charge in [-0.1, -0.05) is 0 Å². The smallest absolute Gasteiger partial charge is 0.142 e. The van der Waals surface area contributed by atoms with E-state index in [0.717, 1.165) is 44.3 Å². The van der Waals surface area contributed by atoms with Crippen LogP contribution in [0.1, 0.15) is 11.1 Å². The van der Waals surface area contributed by atoms with Crippen LogP contribution in [0.4, 0.5) is 34.1 Å². The van der Waals surface area contributed by atoms with E-state index >= 15 is 0 Å². The average molecular weight is 507 g/mol. The molecule has 2 aliphatic heterocycles. The molecule has 0 saturated heterocycles. The molecule has 0 atom stereocenters. The third kappa shape index (κ3) is 4.08. The first-order chi connectivity index (χ1) is 17.6. The first-order valence-electron chi connectivity index (χ1n) is 11.7. The minimum Gasteiger partial charge on any atom is -0.464 e. The van der Waals surface area contributed by atoms with Gasteiger partial charge in [0, 0.05) is 53.6 Å². The number of nitrogens with two attached hydrogens (primary N) is 3. The highest BCUT2D eigenvalue weighted by atomic mass is 32.1. The lowest BCUT2D eigenvalue weighted by atomic mass is 9.93. The molecule has 188 valence electrons. The topological polar surface area (TPSA) is 159 Å². The van der Waals surface area contributed by atoms with Crippen LogP contribution in [0, 0.1) is 0 Å². The van der Waals surface area contributed by atoms with E-state index in [9.17, 15) is 10.2 Å². The molecule has 10 heteroatoms. The second-order valence-corrected chi connectivity index (χ2v) is 9.40. The zero-order valence-corrected chi connectivity index (χ0v) is 20.6. The third-order valence-electron chi connectivity index (χ3n) is 6.38. The molecular formula is C26H30N6O3S. The average Bonchev–Trinajstić information content (AvgIpc) is 3.56. The monoisotopic (exact) mass is 506 g/mol. The summed E-state index contributed by atoms with van der Waals surface area (Å²) >= 11 is 1.56. The van der Waals surface area contributed by atoms with Crippen LogP contribution in [0.25, 0.3) is 21.8 Å². The second-order valence-electron chi connectivity index (χ2n) is 8.48. The van der Waals surface area contributed by atoms with Gasteiger partial charge in [-0.2, -0.15) is 0 Å². The molecule has 0 saturated carbocycles. The largest absolute Gasteiger partial charge is 0.464 e. The summed E-state index contributed by atoms with van der Waals surface area (Å²) in [6.45, 7) is 1.03. The van der Waals surface area contributed by atoms with Gasteiger partial charge in [-0.25, -0.2) is 0 Å². The molecule has 0 spiro atoms. The lowest BCUT2D eigenvalue weighted by Gasteiger charge is -2.32. The minimum absolute atomic E-state index is 0.0978. The van der Waals surface area contributed by atoms with Crippen LogP contribution in [0.15, 0.2) is 52.5 Å². The van der Waals surface area contributed by atoms with E-state index in [2.05, 4.69) is 10.6 Å². The molecule has 4 heterocycles. The Morgan fingerprint density at radius 3 is 2.03 bits per heavy atom. The van der Waals surface area contributed by atoms with Gasteiger partial charge in [-0.15, -0.1) is 11.3 Å². The molecule has 9 nitrogen and oxygen atoms in total. The van der Waals surface area contributed by atoms with Gasteiger partial charge in [0.05, 0.1) is 47.8 Å². The summed E-state index contributed by atoms with van der Waals surface area (Å²) in [6.07, 6.45) is 1.61. The van der Waals surface area contributed by atoms with Crippen LogP contribution in [0.3, 0.4) is 0 Å². The van der Waals surface area contributed by atoms with Crippen LogP contribution in [-0.4, -0.2) is 36.5 Å². The Morgan fingerprint density at radius 1 is 0.833 bits per heavy atom.